The number of phenols is 6. The minimum atomic E-state index is -0.437. The molecule has 99 heavy (non-hydrogen) atoms. The van der Waals surface area contributed by atoms with Crippen LogP contribution in [0.5, 0.6) is 34.5 Å². The molecule has 0 radical (unpaired) electrons. The molecule has 0 amide bonds. The Balaban J connectivity index is 0.000000133. The smallest absolute Gasteiger partial charge is 0.160 e. The lowest BCUT2D eigenvalue weighted by atomic mass is 10.2. The van der Waals surface area contributed by atoms with Crippen molar-refractivity contribution < 1.29 is 30.6 Å². The van der Waals surface area contributed by atoms with E-state index in [1.165, 1.54) is 24.3 Å². The van der Waals surface area contributed by atoms with Crippen LogP contribution in [-0.4, -0.2) is 89.2 Å². The quantitative estimate of drug-likeness (QED) is 0.0387. The number of aromatic nitrogens is 12. The van der Waals surface area contributed by atoms with Gasteiger partial charge in [0.2, 0.25) is 0 Å². The molecule has 0 aliphatic carbocycles. The third-order valence-corrected chi connectivity index (χ3v) is 15.3. The Bertz CT molecular complexity index is 5480. The van der Waals surface area contributed by atoms with Gasteiger partial charge in [-0.05, 0) is 151 Å². The van der Waals surface area contributed by atoms with Gasteiger partial charge in [-0.2, -0.15) is 15.3 Å². The highest BCUT2D eigenvalue weighted by Crippen LogP contribution is 2.41. The van der Waals surface area contributed by atoms with E-state index in [9.17, 15) is 35.5 Å². The number of phenolic OH excluding ortho intramolecular Hbond substituents is 6. The minimum Gasteiger partial charge on any atom is -0.508 e. The van der Waals surface area contributed by atoms with Gasteiger partial charge in [0, 0.05) is 61.4 Å². The Hall–Kier alpha value is -13.9. The molecule has 0 unspecified atom stereocenters. The molecule has 0 aliphatic heterocycles. The Morgan fingerprint density at radius 2 is 0.677 bits per heavy atom. The second kappa shape index (κ2) is 29.2. The van der Waals surface area contributed by atoms with Gasteiger partial charge in [-0.15, -0.1) is 20.2 Å². The summed E-state index contributed by atoms with van der Waals surface area (Å²) >= 11 is 5.90. The van der Waals surface area contributed by atoms with Gasteiger partial charge < -0.3 is 44.3 Å². The molecule has 6 N–H and O–H groups in total. The second-order valence-electron chi connectivity index (χ2n) is 21.7. The number of pyridine rings is 6. The van der Waals surface area contributed by atoms with Crippen LogP contribution in [0, 0.1) is 4.91 Å². The lowest BCUT2D eigenvalue weighted by Gasteiger charge is -2.08. The molecule has 0 atom stereocenters. The number of benzene rings is 6. The number of halogens is 1. The van der Waals surface area contributed by atoms with E-state index in [4.69, 9.17) is 26.6 Å². The summed E-state index contributed by atoms with van der Waals surface area (Å²) in [7, 11) is 0. The third kappa shape index (κ3) is 14.9. The summed E-state index contributed by atoms with van der Waals surface area (Å²) in [5, 5.41) is 85.9. The van der Waals surface area contributed by atoms with Crippen molar-refractivity contribution >= 4 is 84.5 Å². The number of nitrogens with zero attached hydrogens (tertiary/aromatic N) is 19. The van der Waals surface area contributed by atoms with E-state index in [1.54, 1.807) is 55.4 Å². The van der Waals surface area contributed by atoms with E-state index in [2.05, 4.69) is 74.9 Å². The van der Waals surface area contributed by atoms with Crippen molar-refractivity contribution in [1.82, 2.24) is 58.6 Å². The Morgan fingerprint density at radius 1 is 0.323 bits per heavy atom. The number of aromatic hydroxyl groups is 6. The first kappa shape index (κ1) is 63.9. The van der Waals surface area contributed by atoms with Crippen LogP contribution in [0.2, 0.25) is 5.02 Å². The minimum absolute atomic E-state index is 0.00218. The van der Waals surface area contributed by atoms with E-state index < -0.39 is 5.75 Å². The van der Waals surface area contributed by atoms with Crippen molar-refractivity contribution in [1.29, 1.82) is 0 Å². The number of hydrogen-bond acceptors (Lipinski definition) is 23. The highest BCUT2D eigenvalue weighted by molar-refractivity contribution is 6.32. The zero-order chi connectivity index (χ0) is 68.2. The summed E-state index contributed by atoms with van der Waals surface area (Å²) in [4.78, 5) is 51.9. The first-order chi connectivity index (χ1) is 48.4. The topological polar surface area (TPSA) is 356 Å². The third-order valence-electron chi connectivity index (χ3n) is 15.0. The van der Waals surface area contributed by atoms with Crippen molar-refractivity contribution in [3.63, 3.8) is 0 Å². The first-order valence-corrected chi connectivity index (χ1v) is 30.6. The van der Waals surface area contributed by atoms with Gasteiger partial charge in [0.15, 0.2) is 23.2 Å². The molecule has 0 aliphatic rings. The van der Waals surface area contributed by atoms with Crippen LogP contribution in [0.1, 0.15) is 17.1 Å². The van der Waals surface area contributed by atoms with E-state index in [0.717, 1.165) is 85.8 Å². The highest BCUT2D eigenvalue weighted by atomic mass is 35.5. The summed E-state index contributed by atoms with van der Waals surface area (Å²) in [5.41, 5.74) is 11.5. The van der Waals surface area contributed by atoms with Gasteiger partial charge in [0.25, 0.3) is 0 Å². The Labute approximate surface area is 566 Å². The van der Waals surface area contributed by atoms with Gasteiger partial charge in [0.05, 0.1) is 91.9 Å². The molecule has 484 valence electrons. The fourth-order valence-corrected chi connectivity index (χ4v) is 10.5. The molecule has 9 aromatic heterocycles. The molecular weight excluding hydrogens is 1280 g/mol. The van der Waals surface area contributed by atoms with Gasteiger partial charge in [-0.3, -0.25) is 29.9 Å². The summed E-state index contributed by atoms with van der Waals surface area (Å²) < 4.78 is 6.17. The standard InChI is InChI=1S/C24H17ClN6O2.C24H17N7O3.C24H18N6O2/c25-17-12-20(23(33)13-22(17)32)30-29-15-7-8-21-19(11-15)28-24(18-6-2-4-10-27-18)31(21)14-16-5-1-3-9-26-16;32-22-13-23(33)20(30-34)12-19(22)29-28-15-7-8-21-18(11-15)27-24(17-6-2-4-10-26-17)31(21)14-16-5-1-3-9-25-16;31-18-8-9-19(23(32)14-18)29-28-16-7-10-22-21(13-16)27-24(20-6-2-4-12-26-20)30(22)15-17-5-1-3-11-25-17/h1-13,32-33H,14H2;1-13,32-33H,14H2;1-14,31-32H,15H2. The fraction of sp³-hybridized carbons (Fsp3) is 0.0417. The average molecular weight is 1330 g/mol. The van der Waals surface area contributed by atoms with Crippen molar-refractivity contribution in [2.45, 2.75) is 19.6 Å². The first-order valence-electron chi connectivity index (χ1n) is 30.2. The van der Waals surface area contributed by atoms with Crippen LogP contribution in [-0.2, 0) is 19.6 Å². The fourth-order valence-electron chi connectivity index (χ4n) is 10.3. The summed E-state index contributed by atoms with van der Waals surface area (Å²) in [6, 6.07) is 59.7. The van der Waals surface area contributed by atoms with Crippen molar-refractivity contribution in [2.24, 2.45) is 35.9 Å². The number of rotatable bonds is 16. The lowest BCUT2D eigenvalue weighted by Crippen LogP contribution is -2.04. The molecule has 0 saturated carbocycles. The molecule has 6 aromatic carbocycles. The van der Waals surface area contributed by atoms with Crippen LogP contribution in [0.25, 0.3) is 67.7 Å². The maximum atomic E-state index is 10.8. The zero-order valence-corrected chi connectivity index (χ0v) is 52.4. The maximum absolute atomic E-state index is 10.8. The molecule has 26 nitrogen and oxygen atoms in total. The zero-order valence-electron chi connectivity index (χ0n) is 51.7. The SMILES string of the molecule is O=Nc1cc(N=Nc2ccc3c(c2)nc(-c2ccccn2)n3Cc2ccccn2)c(O)cc1O.Oc1cc(O)c(N=Nc2ccc3c(c2)nc(-c2ccccn2)n3Cc2ccccn2)cc1Cl.Oc1ccc(N=Nc2ccc3c(c2)nc(-c2ccccn2)n3Cc2ccccn2)c(O)c1. The largest absolute Gasteiger partial charge is 0.508 e. The number of azo groups is 3. The molecule has 0 fully saturated rings. The number of fused-ring (bicyclic) bond motifs is 3. The van der Waals surface area contributed by atoms with Crippen molar-refractivity contribution in [3.05, 3.63) is 270 Å². The number of imidazole rings is 3. The normalized spacial score (nSPS) is 11.4. The highest BCUT2D eigenvalue weighted by Gasteiger charge is 2.20. The van der Waals surface area contributed by atoms with Crippen LogP contribution < -0.4 is 0 Å². The van der Waals surface area contributed by atoms with Gasteiger partial charge in [0.1, 0.15) is 68.6 Å². The second-order valence-corrected chi connectivity index (χ2v) is 22.1. The molecule has 15 aromatic rings. The van der Waals surface area contributed by atoms with Crippen molar-refractivity contribution in [2.75, 3.05) is 0 Å². The van der Waals surface area contributed by atoms with Crippen LogP contribution in [0.4, 0.5) is 39.8 Å². The van der Waals surface area contributed by atoms with E-state index in [1.807, 2.05) is 150 Å². The molecule has 27 heteroatoms. The Kier molecular flexibility index (Phi) is 18.8. The van der Waals surface area contributed by atoms with Gasteiger partial charge >= 0.3 is 0 Å². The molecular formula is C72H52ClN19O7. The molecule has 0 spiro atoms. The lowest BCUT2D eigenvalue weighted by molar-refractivity contribution is 0.450. The predicted octanol–water partition coefficient (Wildman–Crippen LogP) is 17.2. The molecule has 0 bridgehead atoms. The monoisotopic (exact) mass is 1330 g/mol. The van der Waals surface area contributed by atoms with E-state index >= 15 is 0 Å². The number of nitroso groups, excluding NO2 is 1. The van der Waals surface area contributed by atoms with E-state index in [0.29, 0.717) is 53.9 Å². The van der Waals surface area contributed by atoms with Gasteiger partial charge in [-0.1, -0.05) is 48.0 Å². The summed E-state index contributed by atoms with van der Waals surface area (Å²) in [5.74, 6) is 0.738. The van der Waals surface area contributed by atoms with E-state index in [-0.39, 0.29) is 56.5 Å². The maximum Gasteiger partial charge on any atom is 0.160 e. The van der Waals surface area contributed by atoms with Crippen LogP contribution in [0.3, 0.4) is 0 Å². The Morgan fingerprint density at radius 3 is 1.04 bits per heavy atom. The molecule has 9 heterocycles. The summed E-state index contributed by atoms with van der Waals surface area (Å²) in [6.07, 6.45) is 10.5. The average Bonchev–Trinajstić information content (AvgIpc) is 1.65. The van der Waals surface area contributed by atoms with Crippen LogP contribution >= 0.6 is 11.6 Å². The predicted molar refractivity (Wildman–Crippen MR) is 371 cm³/mol. The molecule has 15 rings (SSSR count). The number of hydrogen-bond donors (Lipinski definition) is 6. The molecule has 0 saturated heterocycles. The van der Waals surface area contributed by atoms with Crippen molar-refractivity contribution in [3.8, 4) is 69.1 Å². The summed E-state index contributed by atoms with van der Waals surface area (Å²) in [6.45, 7) is 1.59. The van der Waals surface area contributed by atoms with Gasteiger partial charge in [-0.25, -0.2) is 15.0 Å². The van der Waals surface area contributed by atoms with Crippen LogP contribution in [0.15, 0.2) is 279 Å².